The molecule has 4 rings (SSSR count). The maximum Gasteiger partial charge on any atom is 0.327 e. The minimum absolute atomic E-state index is 0.0447. The monoisotopic (exact) mass is 514 g/mol. The summed E-state index contributed by atoms with van der Waals surface area (Å²) in [5, 5.41) is 8.08. The first kappa shape index (κ1) is 29.1. The number of rotatable bonds is 10. The number of amides is 1. The van der Waals surface area contributed by atoms with Crippen LogP contribution in [-0.4, -0.2) is 57.6 Å². The van der Waals surface area contributed by atoms with Crippen LogP contribution in [0, 0.1) is 5.92 Å². The Morgan fingerprint density at radius 3 is 2.58 bits per heavy atom. The molecule has 9 nitrogen and oxygen atoms in total. The first-order valence-electron chi connectivity index (χ1n) is 12.5. The summed E-state index contributed by atoms with van der Waals surface area (Å²) in [5.74, 6) is 0.877. The van der Waals surface area contributed by atoms with E-state index >= 15 is 0 Å². The van der Waals surface area contributed by atoms with E-state index in [-0.39, 0.29) is 18.4 Å². The molecule has 0 radical (unpaired) electrons. The highest BCUT2D eigenvalue weighted by molar-refractivity contribution is 7.79. The van der Waals surface area contributed by atoms with Crippen LogP contribution in [0.15, 0.2) is 36.8 Å². The standard InChI is InChI=1S/C23H28N6O3.C2H6.CH4S/c1-3-9-28(12-16-5-6-16)21-11-20(24-15-25-21)23(31)26-18-7-8-19-17(10-18)13-29(27-19)14-22(30)32-4-2;2*1-2/h7-8,10-11,13,15-16H,3-6,9,12,14H2,1-2H3,(H,26,31);1-2H3;2H,1H3. The van der Waals surface area contributed by atoms with E-state index in [1.165, 1.54) is 23.9 Å². The molecule has 3 aromatic rings. The molecule has 36 heavy (non-hydrogen) atoms. The number of benzene rings is 1. The third kappa shape index (κ3) is 8.51. The zero-order valence-electron chi connectivity index (χ0n) is 21.9. The largest absolute Gasteiger partial charge is 0.465 e. The van der Waals surface area contributed by atoms with Crippen molar-refractivity contribution in [3.63, 3.8) is 0 Å². The number of carbonyl (C=O) groups is 2. The zero-order valence-corrected chi connectivity index (χ0v) is 22.8. The Balaban J connectivity index is 0.00000109. The van der Waals surface area contributed by atoms with Gasteiger partial charge in [-0.1, -0.05) is 20.8 Å². The quantitative estimate of drug-likeness (QED) is 0.295. The van der Waals surface area contributed by atoms with E-state index < -0.39 is 0 Å². The van der Waals surface area contributed by atoms with Crippen LogP contribution in [-0.2, 0) is 16.1 Å². The summed E-state index contributed by atoms with van der Waals surface area (Å²) in [6, 6.07) is 7.15. The van der Waals surface area contributed by atoms with Crippen LogP contribution in [0.4, 0.5) is 11.5 Å². The number of nitrogens with one attached hydrogen (secondary N) is 1. The van der Waals surface area contributed by atoms with Crippen LogP contribution in [0.25, 0.3) is 10.9 Å². The van der Waals surface area contributed by atoms with Gasteiger partial charge >= 0.3 is 5.97 Å². The molecule has 2 heterocycles. The molecule has 1 aliphatic carbocycles. The van der Waals surface area contributed by atoms with Gasteiger partial charge in [0.05, 0.1) is 12.1 Å². The highest BCUT2D eigenvalue weighted by Gasteiger charge is 2.25. The normalized spacial score (nSPS) is 12.1. The predicted molar refractivity (Wildman–Crippen MR) is 148 cm³/mol. The zero-order chi connectivity index (χ0) is 26.5. The van der Waals surface area contributed by atoms with Gasteiger partial charge in [-0.3, -0.25) is 14.3 Å². The molecule has 0 bridgehead atoms. The van der Waals surface area contributed by atoms with Gasteiger partial charge in [-0.05, 0) is 56.6 Å². The SMILES string of the molecule is CC.CCCN(CC1CC1)c1cc(C(=O)Nc2ccc3nn(CC(=O)OCC)cc3c2)ncn1.CS. The van der Waals surface area contributed by atoms with Crippen molar-refractivity contribution in [1.29, 1.82) is 0 Å². The molecule has 0 unspecified atom stereocenters. The van der Waals surface area contributed by atoms with Crippen molar-refractivity contribution in [2.75, 3.05) is 36.2 Å². The van der Waals surface area contributed by atoms with Gasteiger partial charge in [0.2, 0.25) is 0 Å². The molecule has 1 aromatic carbocycles. The van der Waals surface area contributed by atoms with Gasteiger partial charge in [0.15, 0.2) is 0 Å². The van der Waals surface area contributed by atoms with Gasteiger partial charge in [-0.2, -0.15) is 17.7 Å². The van der Waals surface area contributed by atoms with Crippen LogP contribution in [0.2, 0.25) is 0 Å². The molecular formula is C26H38N6O3S. The number of anilines is 2. The summed E-state index contributed by atoms with van der Waals surface area (Å²) in [6.45, 7) is 10.2. The number of carbonyl (C=O) groups excluding carboxylic acids is 2. The summed E-state index contributed by atoms with van der Waals surface area (Å²) in [4.78, 5) is 35.3. The Bertz CT molecular complexity index is 1120. The van der Waals surface area contributed by atoms with Gasteiger partial charge in [0, 0.05) is 36.4 Å². The van der Waals surface area contributed by atoms with Gasteiger partial charge in [0.1, 0.15) is 24.4 Å². The number of aromatic nitrogens is 4. The third-order valence-corrected chi connectivity index (χ3v) is 5.28. The maximum atomic E-state index is 12.8. The van der Waals surface area contributed by atoms with Crippen molar-refractivity contribution < 1.29 is 14.3 Å². The van der Waals surface area contributed by atoms with E-state index in [4.69, 9.17) is 4.74 Å². The van der Waals surface area contributed by atoms with Crippen molar-refractivity contribution in [1.82, 2.24) is 19.7 Å². The first-order chi connectivity index (χ1) is 17.6. The van der Waals surface area contributed by atoms with Crippen molar-refractivity contribution in [3.05, 3.63) is 42.5 Å². The Morgan fingerprint density at radius 1 is 1.17 bits per heavy atom. The lowest BCUT2D eigenvalue weighted by atomic mass is 10.2. The molecule has 2 aromatic heterocycles. The number of fused-ring (bicyclic) bond motifs is 1. The van der Waals surface area contributed by atoms with E-state index in [2.05, 4.69) is 44.8 Å². The van der Waals surface area contributed by atoms with Crippen LogP contribution >= 0.6 is 12.6 Å². The fourth-order valence-electron chi connectivity index (χ4n) is 3.60. The fourth-order valence-corrected chi connectivity index (χ4v) is 3.60. The van der Waals surface area contributed by atoms with E-state index in [0.29, 0.717) is 18.0 Å². The van der Waals surface area contributed by atoms with Gasteiger partial charge < -0.3 is 15.0 Å². The Hall–Kier alpha value is -3.14. The Kier molecular flexibility index (Phi) is 12.2. The fraction of sp³-hybridized carbons (Fsp3) is 0.500. The average Bonchev–Trinajstić information content (AvgIpc) is 3.63. The van der Waals surface area contributed by atoms with Crippen molar-refractivity contribution >= 4 is 46.9 Å². The molecule has 1 N–H and O–H groups in total. The topological polar surface area (TPSA) is 102 Å². The molecule has 1 saturated carbocycles. The second-order valence-electron chi connectivity index (χ2n) is 8.01. The summed E-state index contributed by atoms with van der Waals surface area (Å²) in [5.41, 5.74) is 1.68. The van der Waals surface area contributed by atoms with Gasteiger partial charge in [-0.15, -0.1) is 0 Å². The second kappa shape index (κ2) is 15.1. The van der Waals surface area contributed by atoms with Crippen LogP contribution in [0.3, 0.4) is 0 Å². The smallest absolute Gasteiger partial charge is 0.327 e. The molecule has 0 spiro atoms. The van der Waals surface area contributed by atoms with E-state index in [1.54, 1.807) is 37.6 Å². The highest BCUT2D eigenvalue weighted by Crippen LogP contribution is 2.31. The van der Waals surface area contributed by atoms with Crippen molar-refractivity contribution in [3.8, 4) is 0 Å². The molecule has 0 aliphatic heterocycles. The number of esters is 1. The summed E-state index contributed by atoms with van der Waals surface area (Å²) >= 11 is 3.53. The predicted octanol–water partition coefficient (Wildman–Crippen LogP) is 4.84. The number of hydrogen-bond donors (Lipinski definition) is 2. The van der Waals surface area contributed by atoms with E-state index in [9.17, 15) is 9.59 Å². The first-order valence-corrected chi connectivity index (χ1v) is 13.4. The Morgan fingerprint density at radius 2 is 1.92 bits per heavy atom. The molecular weight excluding hydrogens is 476 g/mol. The van der Waals surface area contributed by atoms with E-state index in [1.807, 2.05) is 19.9 Å². The maximum absolute atomic E-state index is 12.8. The molecule has 1 aliphatic rings. The average molecular weight is 515 g/mol. The minimum Gasteiger partial charge on any atom is -0.465 e. The lowest BCUT2D eigenvalue weighted by molar-refractivity contribution is -0.144. The third-order valence-electron chi connectivity index (χ3n) is 5.28. The molecule has 10 heteroatoms. The van der Waals surface area contributed by atoms with Gasteiger partial charge in [0.25, 0.3) is 5.91 Å². The molecule has 0 saturated heterocycles. The molecule has 196 valence electrons. The van der Waals surface area contributed by atoms with Crippen LogP contribution in [0.1, 0.15) is 57.4 Å². The molecule has 1 amide bonds. The summed E-state index contributed by atoms with van der Waals surface area (Å²) in [7, 11) is 0. The lowest BCUT2D eigenvalue weighted by Gasteiger charge is -2.23. The number of nitrogens with zero attached hydrogens (tertiary/aromatic N) is 5. The van der Waals surface area contributed by atoms with Crippen molar-refractivity contribution in [2.45, 2.75) is 53.5 Å². The van der Waals surface area contributed by atoms with Crippen LogP contribution < -0.4 is 10.2 Å². The van der Waals surface area contributed by atoms with Crippen molar-refractivity contribution in [2.24, 2.45) is 5.92 Å². The molecule has 0 atom stereocenters. The number of hydrogen-bond acceptors (Lipinski definition) is 8. The van der Waals surface area contributed by atoms with Gasteiger partial charge in [-0.25, -0.2) is 9.97 Å². The minimum atomic E-state index is -0.341. The lowest BCUT2D eigenvalue weighted by Crippen LogP contribution is -2.28. The molecule has 1 fully saturated rings. The highest BCUT2D eigenvalue weighted by atomic mass is 32.1. The summed E-state index contributed by atoms with van der Waals surface area (Å²) in [6.07, 6.45) is 8.44. The number of ether oxygens (including phenoxy) is 1. The summed E-state index contributed by atoms with van der Waals surface area (Å²) < 4.78 is 6.50. The Labute approximate surface area is 219 Å². The number of thiol groups is 1. The second-order valence-corrected chi connectivity index (χ2v) is 8.01. The van der Waals surface area contributed by atoms with E-state index in [0.717, 1.165) is 42.1 Å². The van der Waals surface area contributed by atoms with Crippen LogP contribution in [0.5, 0.6) is 0 Å².